The minimum atomic E-state index is -0.106. The third-order valence-electron chi connectivity index (χ3n) is 4.19. The number of hydrogen-bond donors (Lipinski definition) is 1. The predicted octanol–water partition coefficient (Wildman–Crippen LogP) is 4.63. The number of carbonyl (C=O) groups excluding carboxylic acids is 1. The predicted molar refractivity (Wildman–Crippen MR) is 117 cm³/mol. The summed E-state index contributed by atoms with van der Waals surface area (Å²) in [7, 11) is 0. The number of amidine groups is 1. The Balaban J connectivity index is 1.81. The second-order valence-corrected chi connectivity index (χ2v) is 8.29. The molecule has 4 rings (SSSR count). The van der Waals surface area contributed by atoms with Gasteiger partial charge in [-0.1, -0.05) is 41.7 Å². The van der Waals surface area contributed by atoms with Crippen molar-refractivity contribution in [3.8, 4) is 0 Å². The van der Waals surface area contributed by atoms with E-state index in [0.717, 1.165) is 21.8 Å². The molecule has 8 heteroatoms. The fraction of sp³-hybridized carbons (Fsp3) is 0.100. The van der Waals surface area contributed by atoms with Crippen LogP contribution in [0.4, 0.5) is 16.5 Å². The summed E-state index contributed by atoms with van der Waals surface area (Å²) in [6.07, 6.45) is 0. The molecular weight excluding hydrogens is 390 g/mol. The summed E-state index contributed by atoms with van der Waals surface area (Å²) >= 11 is 2.74. The second-order valence-electron chi connectivity index (χ2n) is 6.15. The van der Waals surface area contributed by atoms with Gasteiger partial charge in [-0.15, -0.1) is 10.2 Å². The quantitative estimate of drug-likeness (QED) is 0.505. The van der Waals surface area contributed by atoms with E-state index >= 15 is 0 Å². The molecule has 0 saturated carbocycles. The van der Waals surface area contributed by atoms with Crippen LogP contribution in [-0.2, 0) is 4.79 Å². The zero-order valence-electron chi connectivity index (χ0n) is 15.3. The maximum atomic E-state index is 13.3. The van der Waals surface area contributed by atoms with E-state index in [1.165, 1.54) is 23.1 Å². The summed E-state index contributed by atoms with van der Waals surface area (Å²) in [4.78, 5) is 20.2. The van der Waals surface area contributed by atoms with Gasteiger partial charge in [0.25, 0.3) is 5.91 Å². The molecule has 1 aliphatic heterocycles. The number of nitrogens with two attached hydrogens (primary N) is 1. The summed E-state index contributed by atoms with van der Waals surface area (Å²) in [5.41, 5.74) is 9.07. The van der Waals surface area contributed by atoms with Crippen LogP contribution in [0.5, 0.6) is 0 Å². The molecular formula is C20H17N5OS2. The number of benzene rings is 2. The second kappa shape index (κ2) is 7.57. The van der Waals surface area contributed by atoms with E-state index in [0.29, 0.717) is 20.9 Å². The van der Waals surface area contributed by atoms with Crippen LogP contribution in [0.15, 0.2) is 64.5 Å². The van der Waals surface area contributed by atoms with Crippen LogP contribution in [0, 0.1) is 6.92 Å². The van der Waals surface area contributed by atoms with E-state index < -0.39 is 0 Å². The molecule has 1 aromatic heterocycles. The van der Waals surface area contributed by atoms with Gasteiger partial charge in [-0.05, 0) is 61.0 Å². The van der Waals surface area contributed by atoms with Crippen molar-refractivity contribution in [1.29, 1.82) is 0 Å². The zero-order chi connectivity index (χ0) is 19.7. The highest BCUT2D eigenvalue weighted by Crippen LogP contribution is 2.40. The molecule has 6 nitrogen and oxygen atoms in total. The number of aryl methyl sites for hydroxylation is 1. The number of amides is 1. The monoisotopic (exact) mass is 407 g/mol. The number of aromatic nitrogens is 2. The molecule has 2 aromatic carbocycles. The Hall–Kier alpha value is -2.97. The normalized spacial score (nSPS) is 17.4. The van der Waals surface area contributed by atoms with Gasteiger partial charge < -0.3 is 5.73 Å². The highest BCUT2D eigenvalue weighted by Gasteiger charge is 2.36. The first-order valence-corrected chi connectivity index (χ1v) is 10.2. The minimum Gasteiger partial charge on any atom is -0.399 e. The van der Waals surface area contributed by atoms with Gasteiger partial charge in [-0.25, -0.2) is 0 Å². The topological polar surface area (TPSA) is 84.5 Å². The van der Waals surface area contributed by atoms with Crippen LogP contribution in [-0.4, -0.2) is 21.3 Å². The van der Waals surface area contributed by atoms with Crippen molar-refractivity contribution in [2.45, 2.75) is 13.8 Å². The average Bonchev–Trinajstić information content (AvgIpc) is 3.25. The number of allylic oxidation sites excluding steroid dienone is 1. The molecule has 0 bridgehead atoms. The average molecular weight is 408 g/mol. The summed E-state index contributed by atoms with van der Waals surface area (Å²) in [5.74, 6) is -0.106. The third kappa shape index (κ3) is 3.56. The number of carbonyl (C=O) groups is 1. The number of nitrogen functional groups attached to an aromatic ring is 1. The number of anilines is 2. The SMILES string of the molecule is C/C(=C1/S/C(=N/c2nnc(C)s2)N(c2ccccc2)C1=O)c1ccc(N)cc1. The summed E-state index contributed by atoms with van der Waals surface area (Å²) in [5, 5.41) is 10.0. The van der Waals surface area contributed by atoms with Crippen LogP contribution in [0.2, 0.25) is 0 Å². The molecule has 28 heavy (non-hydrogen) atoms. The lowest BCUT2D eigenvalue weighted by molar-refractivity contribution is -0.113. The van der Waals surface area contributed by atoms with Crippen LogP contribution in [0.3, 0.4) is 0 Å². The Labute approximate surface area is 170 Å². The number of para-hydroxylation sites is 1. The highest BCUT2D eigenvalue weighted by molar-refractivity contribution is 8.19. The van der Waals surface area contributed by atoms with Crippen LogP contribution < -0.4 is 10.6 Å². The molecule has 1 fully saturated rings. The molecule has 1 saturated heterocycles. The first-order chi connectivity index (χ1) is 13.5. The number of thioether (sulfide) groups is 1. The third-order valence-corrected chi connectivity index (χ3v) is 6.06. The fourth-order valence-corrected chi connectivity index (χ4v) is 4.42. The summed E-state index contributed by atoms with van der Waals surface area (Å²) < 4.78 is 0. The Morgan fingerprint density at radius 3 is 2.43 bits per heavy atom. The smallest absolute Gasteiger partial charge is 0.271 e. The maximum absolute atomic E-state index is 13.3. The Bertz CT molecular complexity index is 1090. The van der Waals surface area contributed by atoms with Gasteiger partial charge in [0.05, 0.1) is 10.6 Å². The number of rotatable bonds is 3. The largest absolute Gasteiger partial charge is 0.399 e. The Morgan fingerprint density at radius 2 is 1.79 bits per heavy atom. The lowest BCUT2D eigenvalue weighted by Gasteiger charge is -2.15. The van der Waals surface area contributed by atoms with Gasteiger partial charge in [0.15, 0.2) is 5.17 Å². The minimum absolute atomic E-state index is 0.106. The van der Waals surface area contributed by atoms with Crippen molar-refractivity contribution in [2.24, 2.45) is 4.99 Å². The fourth-order valence-electron chi connectivity index (χ4n) is 2.76. The van der Waals surface area contributed by atoms with E-state index in [2.05, 4.69) is 15.2 Å². The van der Waals surface area contributed by atoms with Crippen LogP contribution in [0.1, 0.15) is 17.5 Å². The lowest BCUT2D eigenvalue weighted by atomic mass is 10.1. The molecule has 0 radical (unpaired) electrons. The number of aliphatic imine (C=N–C) groups is 1. The van der Waals surface area contributed by atoms with Crippen LogP contribution >= 0.6 is 23.1 Å². The van der Waals surface area contributed by atoms with E-state index in [1.54, 1.807) is 4.90 Å². The Kier molecular flexibility index (Phi) is 4.97. The highest BCUT2D eigenvalue weighted by atomic mass is 32.2. The van der Waals surface area contributed by atoms with Crippen molar-refractivity contribution >= 4 is 56.3 Å². The van der Waals surface area contributed by atoms with Crippen molar-refractivity contribution < 1.29 is 4.79 Å². The van der Waals surface area contributed by atoms with Gasteiger partial charge in [0.2, 0.25) is 5.13 Å². The molecule has 140 valence electrons. The van der Waals surface area contributed by atoms with Gasteiger partial charge in [-0.2, -0.15) is 4.99 Å². The standard InChI is InChI=1S/C20H17N5OS2/c1-12(14-8-10-15(21)11-9-14)17-18(26)25(16-6-4-3-5-7-16)20(28-17)22-19-24-23-13(2)27-19/h3-11H,21H2,1-2H3/b17-12-,22-20+. The van der Waals surface area contributed by atoms with Gasteiger partial charge in [0, 0.05) is 5.69 Å². The molecule has 0 unspecified atom stereocenters. The molecule has 2 N–H and O–H groups in total. The summed E-state index contributed by atoms with van der Waals surface area (Å²) in [6, 6.07) is 17.0. The Morgan fingerprint density at radius 1 is 1.07 bits per heavy atom. The van der Waals surface area contributed by atoms with E-state index in [9.17, 15) is 4.79 Å². The molecule has 2 heterocycles. The van der Waals surface area contributed by atoms with Crippen molar-refractivity contribution in [3.05, 3.63) is 70.1 Å². The molecule has 1 amide bonds. The van der Waals surface area contributed by atoms with Crippen molar-refractivity contribution in [1.82, 2.24) is 10.2 Å². The first-order valence-electron chi connectivity index (χ1n) is 8.56. The van der Waals surface area contributed by atoms with Crippen molar-refractivity contribution in [3.63, 3.8) is 0 Å². The van der Waals surface area contributed by atoms with Gasteiger partial charge >= 0.3 is 0 Å². The molecule has 1 aliphatic rings. The van der Waals surface area contributed by atoms with E-state index in [-0.39, 0.29) is 5.91 Å². The van der Waals surface area contributed by atoms with Gasteiger partial charge in [-0.3, -0.25) is 9.69 Å². The van der Waals surface area contributed by atoms with E-state index in [1.807, 2.05) is 68.4 Å². The lowest BCUT2D eigenvalue weighted by Crippen LogP contribution is -2.28. The molecule has 0 atom stereocenters. The van der Waals surface area contributed by atoms with Gasteiger partial charge in [0.1, 0.15) is 5.01 Å². The van der Waals surface area contributed by atoms with E-state index in [4.69, 9.17) is 5.73 Å². The van der Waals surface area contributed by atoms with Crippen molar-refractivity contribution in [2.75, 3.05) is 10.6 Å². The van der Waals surface area contributed by atoms with Crippen LogP contribution in [0.25, 0.3) is 5.57 Å². The molecule has 0 spiro atoms. The maximum Gasteiger partial charge on any atom is 0.271 e. The molecule has 3 aromatic rings. The summed E-state index contributed by atoms with van der Waals surface area (Å²) in [6.45, 7) is 3.81. The molecule has 0 aliphatic carbocycles. The number of nitrogens with zero attached hydrogens (tertiary/aromatic N) is 4. The zero-order valence-corrected chi connectivity index (χ0v) is 16.9. The number of hydrogen-bond acceptors (Lipinski definition) is 7. The first kappa shape index (κ1) is 18.4.